The molecule has 30 heavy (non-hydrogen) atoms. The number of nitrogen functional groups attached to an aromatic ring is 1. The number of nitrogens with zero attached hydrogens (tertiary/aromatic N) is 3. The number of H-pyrrole nitrogens is 1. The Morgan fingerprint density at radius 2 is 2.03 bits per heavy atom. The molecule has 2 aromatic heterocycles. The number of hydrogen-bond acceptors (Lipinski definition) is 9. The summed E-state index contributed by atoms with van der Waals surface area (Å²) >= 11 is 0.991. The van der Waals surface area contributed by atoms with Gasteiger partial charge in [0.2, 0.25) is 5.89 Å². The van der Waals surface area contributed by atoms with Crippen LogP contribution in [0.2, 0.25) is 0 Å². The molecule has 1 saturated carbocycles. The van der Waals surface area contributed by atoms with Gasteiger partial charge < -0.3 is 14.9 Å². The summed E-state index contributed by atoms with van der Waals surface area (Å²) in [4.78, 5) is 38.9. The molecule has 0 unspecified atom stereocenters. The average molecular weight is 429 g/mol. The van der Waals surface area contributed by atoms with Crippen molar-refractivity contribution >= 4 is 23.4 Å². The normalized spacial score (nSPS) is 13.4. The van der Waals surface area contributed by atoms with E-state index in [1.807, 2.05) is 6.92 Å². The van der Waals surface area contributed by atoms with Crippen LogP contribution in [0.1, 0.15) is 36.2 Å². The highest BCUT2D eigenvalue weighted by Crippen LogP contribution is 2.35. The van der Waals surface area contributed by atoms with Gasteiger partial charge in [-0.2, -0.15) is 0 Å². The van der Waals surface area contributed by atoms with Crippen molar-refractivity contribution in [1.29, 1.82) is 0 Å². The van der Waals surface area contributed by atoms with Crippen molar-refractivity contribution < 1.29 is 13.9 Å². The van der Waals surface area contributed by atoms with Crippen LogP contribution in [-0.4, -0.2) is 37.9 Å². The number of anilines is 1. The second-order valence-electron chi connectivity index (χ2n) is 6.66. The molecule has 1 aliphatic rings. The van der Waals surface area contributed by atoms with E-state index in [0.717, 1.165) is 30.4 Å². The number of benzene rings is 1. The number of ketones is 1. The van der Waals surface area contributed by atoms with Gasteiger partial charge in [-0.3, -0.25) is 19.1 Å². The van der Waals surface area contributed by atoms with Crippen molar-refractivity contribution in [3.63, 3.8) is 0 Å². The number of nitrogens with one attached hydrogen (secondary N) is 1. The Labute approximate surface area is 174 Å². The van der Waals surface area contributed by atoms with Gasteiger partial charge in [-0.1, -0.05) is 11.8 Å². The van der Waals surface area contributed by atoms with Crippen molar-refractivity contribution in [3.05, 3.63) is 50.7 Å². The zero-order chi connectivity index (χ0) is 21.3. The number of ether oxygens (including phenoxy) is 1. The van der Waals surface area contributed by atoms with Gasteiger partial charge in [0.05, 0.1) is 12.4 Å². The summed E-state index contributed by atoms with van der Waals surface area (Å²) in [5.74, 6) is 0.275. The van der Waals surface area contributed by atoms with Crippen LogP contribution in [0, 0.1) is 0 Å². The predicted octanol–water partition coefficient (Wildman–Crippen LogP) is 1.88. The quantitative estimate of drug-likeness (QED) is 0.405. The molecule has 3 N–H and O–H groups in total. The first-order chi connectivity index (χ1) is 14.5. The molecule has 1 aromatic carbocycles. The number of hydrogen-bond donors (Lipinski definition) is 2. The van der Waals surface area contributed by atoms with Crippen LogP contribution in [0.15, 0.2) is 43.5 Å². The maximum absolute atomic E-state index is 12.6. The summed E-state index contributed by atoms with van der Waals surface area (Å²) in [7, 11) is 0. The topological polar surface area (TPSA) is 146 Å². The first-order valence-electron chi connectivity index (χ1n) is 9.35. The van der Waals surface area contributed by atoms with E-state index in [1.165, 1.54) is 4.57 Å². The van der Waals surface area contributed by atoms with Gasteiger partial charge in [0, 0.05) is 11.6 Å². The summed E-state index contributed by atoms with van der Waals surface area (Å²) in [6, 6.07) is 7.10. The standard InChI is InChI=1S/C19H19N5O5S/c1-2-28-12-7-3-10(4-8-12)17-22-23-19(29-17)30-9-13(25)14-15(20)24(11-5-6-11)18(27)21-16(14)26/h3-4,7-8,11H,2,5-6,9,20H2,1H3,(H,21,26,27). The van der Waals surface area contributed by atoms with Gasteiger partial charge in [-0.25, -0.2) is 4.79 Å². The number of carbonyl (C=O) groups is 1. The van der Waals surface area contributed by atoms with Gasteiger partial charge in [0.15, 0.2) is 5.78 Å². The van der Waals surface area contributed by atoms with Crippen LogP contribution in [0.25, 0.3) is 11.5 Å². The average Bonchev–Trinajstić information content (AvgIpc) is 3.43. The smallest absolute Gasteiger partial charge is 0.330 e. The SMILES string of the molecule is CCOc1ccc(-c2nnc(SCC(=O)c3c(N)n(C4CC4)c(=O)[nH]c3=O)o2)cc1. The number of thioether (sulfide) groups is 1. The lowest BCUT2D eigenvalue weighted by atomic mass is 10.2. The van der Waals surface area contributed by atoms with E-state index < -0.39 is 17.0 Å². The van der Waals surface area contributed by atoms with Crippen LogP contribution >= 0.6 is 11.8 Å². The number of aromatic nitrogens is 4. The maximum Gasteiger partial charge on any atom is 0.330 e. The Morgan fingerprint density at radius 3 is 2.70 bits per heavy atom. The van der Waals surface area contributed by atoms with Crippen LogP contribution < -0.4 is 21.7 Å². The van der Waals surface area contributed by atoms with E-state index >= 15 is 0 Å². The minimum atomic E-state index is -0.791. The number of rotatable bonds is 8. The van der Waals surface area contributed by atoms with Gasteiger partial charge >= 0.3 is 5.69 Å². The van der Waals surface area contributed by atoms with E-state index in [4.69, 9.17) is 14.9 Å². The zero-order valence-electron chi connectivity index (χ0n) is 16.1. The zero-order valence-corrected chi connectivity index (χ0v) is 16.9. The lowest BCUT2D eigenvalue weighted by molar-refractivity contribution is 0.102. The highest BCUT2D eigenvalue weighted by atomic mass is 32.2. The van der Waals surface area contributed by atoms with Crippen LogP contribution in [0.4, 0.5) is 5.82 Å². The van der Waals surface area contributed by atoms with Crippen molar-refractivity contribution in [3.8, 4) is 17.2 Å². The molecule has 1 fully saturated rings. The van der Waals surface area contributed by atoms with E-state index in [9.17, 15) is 14.4 Å². The van der Waals surface area contributed by atoms with Crippen molar-refractivity contribution in [1.82, 2.24) is 19.7 Å². The third-order valence-corrected chi connectivity index (χ3v) is 5.34. The molecule has 0 atom stereocenters. The second-order valence-corrected chi connectivity index (χ2v) is 7.59. The van der Waals surface area contributed by atoms with Crippen molar-refractivity contribution in [2.75, 3.05) is 18.1 Å². The molecule has 156 valence electrons. The van der Waals surface area contributed by atoms with Gasteiger partial charge in [-0.15, -0.1) is 10.2 Å². The van der Waals surface area contributed by atoms with Crippen LogP contribution in [-0.2, 0) is 0 Å². The monoisotopic (exact) mass is 429 g/mol. The van der Waals surface area contributed by atoms with Crippen LogP contribution in [0.3, 0.4) is 0 Å². The molecule has 0 saturated heterocycles. The molecule has 3 aromatic rings. The summed E-state index contributed by atoms with van der Waals surface area (Å²) in [6.45, 7) is 2.47. The minimum absolute atomic E-state index is 0.0684. The number of nitrogens with two attached hydrogens (primary N) is 1. The highest BCUT2D eigenvalue weighted by molar-refractivity contribution is 7.99. The van der Waals surface area contributed by atoms with Gasteiger partial charge in [-0.05, 0) is 44.0 Å². The Bertz CT molecular complexity index is 1190. The molecule has 2 heterocycles. The second kappa shape index (κ2) is 8.19. The summed E-state index contributed by atoms with van der Waals surface area (Å²) in [5.41, 5.74) is 5.06. The molecular formula is C19H19N5O5S. The molecule has 0 aliphatic heterocycles. The minimum Gasteiger partial charge on any atom is -0.494 e. The largest absolute Gasteiger partial charge is 0.494 e. The molecule has 0 spiro atoms. The molecule has 11 heteroatoms. The molecule has 4 rings (SSSR count). The Hall–Kier alpha value is -3.34. The predicted molar refractivity (Wildman–Crippen MR) is 110 cm³/mol. The van der Waals surface area contributed by atoms with Gasteiger partial charge in [0.25, 0.3) is 10.8 Å². The first-order valence-corrected chi connectivity index (χ1v) is 10.3. The fourth-order valence-corrected chi connectivity index (χ4v) is 3.61. The van der Waals surface area contributed by atoms with E-state index in [1.54, 1.807) is 24.3 Å². The van der Waals surface area contributed by atoms with Crippen molar-refractivity contribution in [2.45, 2.75) is 31.0 Å². The molecule has 1 aliphatic carbocycles. The Morgan fingerprint density at radius 1 is 1.30 bits per heavy atom. The third-order valence-electron chi connectivity index (χ3n) is 4.52. The first kappa shape index (κ1) is 20.0. The summed E-state index contributed by atoms with van der Waals surface area (Å²) < 4.78 is 12.3. The van der Waals surface area contributed by atoms with E-state index in [-0.39, 0.29) is 28.4 Å². The highest BCUT2D eigenvalue weighted by Gasteiger charge is 2.30. The maximum atomic E-state index is 12.6. The van der Waals surface area contributed by atoms with E-state index in [2.05, 4.69) is 15.2 Å². The number of Topliss-reactive ketones (excluding diaryl/α,β-unsaturated/α-hetero) is 1. The number of carbonyl (C=O) groups excluding carboxylic acids is 1. The molecular weight excluding hydrogens is 410 g/mol. The molecule has 0 bridgehead atoms. The lowest BCUT2D eigenvalue weighted by Crippen LogP contribution is -2.36. The summed E-state index contributed by atoms with van der Waals surface area (Å²) in [6.07, 6.45) is 1.57. The molecule has 0 radical (unpaired) electrons. The Balaban J connectivity index is 1.47. The molecule has 10 nitrogen and oxygen atoms in total. The lowest BCUT2D eigenvalue weighted by Gasteiger charge is -2.10. The van der Waals surface area contributed by atoms with E-state index in [0.29, 0.717) is 18.1 Å². The molecule has 0 amide bonds. The summed E-state index contributed by atoms with van der Waals surface area (Å²) in [5, 5.41) is 8.08. The van der Waals surface area contributed by atoms with Crippen molar-refractivity contribution in [2.24, 2.45) is 0 Å². The van der Waals surface area contributed by atoms with Crippen LogP contribution in [0.5, 0.6) is 5.75 Å². The Kier molecular flexibility index (Phi) is 5.44. The fraction of sp³-hybridized carbons (Fsp3) is 0.316. The third kappa shape index (κ3) is 4.01. The number of aromatic amines is 1. The van der Waals surface area contributed by atoms with Gasteiger partial charge in [0.1, 0.15) is 17.1 Å². The fourth-order valence-electron chi connectivity index (χ4n) is 2.98.